The van der Waals surface area contributed by atoms with E-state index in [0.29, 0.717) is 11.4 Å². The topological polar surface area (TPSA) is 75.7 Å². The predicted molar refractivity (Wildman–Crippen MR) is 92.8 cm³/mol. The van der Waals surface area contributed by atoms with Gasteiger partial charge in [0.05, 0.1) is 18.5 Å². The Morgan fingerprint density at radius 2 is 1.96 bits per heavy atom. The third-order valence-corrected chi connectivity index (χ3v) is 5.77. The number of rotatable bonds is 3. The van der Waals surface area contributed by atoms with Crippen LogP contribution in [0.15, 0.2) is 18.2 Å². The Kier molecular flexibility index (Phi) is 4.71. The van der Waals surface area contributed by atoms with E-state index < -0.39 is 16.1 Å². The van der Waals surface area contributed by atoms with Crippen LogP contribution in [0.25, 0.3) is 0 Å². The molecule has 2 aliphatic rings. The van der Waals surface area contributed by atoms with Crippen LogP contribution in [0.4, 0.5) is 5.69 Å². The van der Waals surface area contributed by atoms with E-state index in [-0.39, 0.29) is 18.5 Å². The number of hydrogen-bond acceptors (Lipinski definition) is 4. The smallest absolute Gasteiger partial charge is 0.263 e. The molecule has 1 aromatic carbocycles. The summed E-state index contributed by atoms with van der Waals surface area (Å²) in [5.41, 5.74) is 1.44. The molecule has 1 atom stereocenters. The quantitative estimate of drug-likeness (QED) is 0.902. The van der Waals surface area contributed by atoms with E-state index in [1.54, 1.807) is 12.1 Å². The Bertz CT molecular complexity index is 726. The van der Waals surface area contributed by atoms with Crippen molar-refractivity contribution in [3.8, 4) is 5.75 Å². The van der Waals surface area contributed by atoms with Gasteiger partial charge in [-0.2, -0.15) is 0 Å². The van der Waals surface area contributed by atoms with Gasteiger partial charge in [0.2, 0.25) is 10.0 Å². The summed E-state index contributed by atoms with van der Waals surface area (Å²) in [5.74, 6) is 0.197. The summed E-state index contributed by atoms with van der Waals surface area (Å²) in [4.78, 5) is 12.6. The number of nitrogens with zero attached hydrogens (tertiary/aromatic N) is 1. The lowest BCUT2D eigenvalue weighted by molar-refractivity contribution is -0.128. The monoisotopic (exact) mass is 352 g/mol. The first-order chi connectivity index (χ1) is 11.3. The van der Waals surface area contributed by atoms with Crippen LogP contribution in [0.1, 0.15) is 37.7 Å². The number of nitrogens with one attached hydrogen (secondary N) is 1. The molecule has 0 aromatic heterocycles. The largest absolute Gasteiger partial charge is 0.476 e. The van der Waals surface area contributed by atoms with E-state index in [1.165, 1.54) is 10.7 Å². The average molecular weight is 352 g/mol. The highest BCUT2D eigenvalue weighted by Gasteiger charge is 2.35. The van der Waals surface area contributed by atoms with E-state index in [0.717, 1.165) is 37.5 Å². The third-order valence-electron chi connectivity index (χ3n) is 4.63. The standard InChI is InChI=1S/C17H24N2O4S/c1-12-8-9-15-14(10-12)19(24(2,21)22)11-16(23-15)17(20)18-13-6-4-3-5-7-13/h8-10,13,16H,3-7,11H2,1-2H3,(H,18,20)/t16-/m1/s1. The zero-order chi connectivity index (χ0) is 17.3. The third kappa shape index (κ3) is 3.66. The highest BCUT2D eigenvalue weighted by molar-refractivity contribution is 7.92. The fraction of sp³-hybridized carbons (Fsp3) is 0.588. The van der Waals surface area contributed by atoms with Crippen LogP contribution < -0.4 is 14.4 Å². The molecule has 0 spiro atoms. The molecular formula is C17H24N2O4S. The minimum absolute atomic E-state index is 0.00778. The van der Waals surface area contributed by atoms with Gasteiger partial charge in [-0.3, -0.25) is 9.10 Å². The van der Waals surface area contributed by atoms with E-state index in [2.05, 4.69) is 5.32 Å². The molecule has 1 saturated carbocycles. The molecule has 0 radical (unpaired) electrons. The second kappa shape index (κ2) is 6.63. The zero-order valence-corrected chi connectivity index (χ0v) is 14.9. The number of sulfonamides is 1. The first-order valence-electron chi connectivity index (χ1n) is 8.40. The first kappa shape index (κ1) is 17.1. The van der Waals surface area contributed by atoms with Crippen LogP contribution in [0.3, 0.4) is 0 Å². The fourth-order valence-electron chi connectivity index (χ4n) is 3.35. The van der Waals surface area contributed by atoms with E-state index in [4.69, 9.17) is 4.74 Å². The number of carbonyl (C=O) groups excluding carboxylic acids is 1. The van der Waals surface area contributed by atoms with E-state index >= 15 is 0 Å². The van der Waals surface area contributed by atoms with Crippen molar-refractivity contribution in [3.05, 3.63) is 23.8 Å². The molecule has 1 aliphatic heterocycles. The van der Waals surface area contributed by atoms with Crippen LogP contribution in [-0.4, -0.2) is 39.3 Å². The minimum atomic E-state index is -3.48. The molecule has 0 unspecified atom stereocenters. The van der Waals surface area contributed by atoms with Gasteiger partial charge in [0.15, 0.2) is 6.10 Å². The Morgan fingerprint density at radius 3 is 2.62 bits per heavy atom. The SMILES string of the molecule is Cc1ccc2c(c1)N(S(C)(=O)=O)C[C@H](C(=O)NC1CCCCC1)O2. The molecule has 132 valence electrons. The second-order valence-electron chi connectivity index (χ2n) is 6.72. The number of fused-ring (bicyclic) bond motifs is 1. The number of anilines is 1. The minimum Gasteiger partial charge on any atom is -0.476 e. The van der Waals surface area contributed by atoms with Gasteiger partial charge in [-0.1, -0.05) is 25.3 Å². The molecule has 1 aromatic rings. The van der Waals surface area contributed by atoms with Crippen molar-refractivity contribution in [2.24, 2.45) is 0 Å². The maximum Gasteiger partial charge on any atom is 0.263 e. The lowest BCUT2D eigenvalue weighted by atomic mass is 9.95. The number of benzene rings is 1. The number of ether oxygens (including phenoxy) is 1. The van der Waals surface area contributed by atoms with Gasteiger partial charge in [0, 0.05) is 6.04 Å². The molecule has 24 heavy (non-hydrogen) atoms. The molecule has 6 nitrogen and oxygen atoms in total. The predicted octanol–water partition coefficient (Wildman–Crippen LogP) is 1.97. The Balaban J connectivity index is 1.81. The summed E-state index contributed by atoms with van der Waals surface area (Å²) in [5, 5.41) is 3.02. The van der Waals surface area contributed by atoms with Crippen molar-refractivity contribution in [1.29, 1.82) is 0 Å². The highest BCUT2D eigenvalue weighted by atomic mass is 32.2. The molecule has 7 heteroatoms. The van der Waals surface area contributed by atoms with Gasteiger partial charge in [0.1, 0.15) is 5.75 Å². The summed E-state index contributed by atoms with van der Waals surface area (Å²) in [6, 6.07) is 5.51. The lowest BCUT2D eigenvalue weighted by Crippen LogP contribution is -2.52. The van der Waals surface area contributed by atoms with Crippen molar-refractivity contribution in [3.63, 3.8) is 0 Å². The summed E-state index contributed by atoms with van der Waals surface area (Å²) >= 11 is 0. The number of aryl methyl sites for hydroxylation is 1. The molecule has 1 fully saturated rings. The molecule has 0 bridgehead atoms. The molecular weight excluding hydrogens is 328 g/mol. The van der Waals surface area contributed by atoms with Gasteiger partial charge in [-0.05, 0) is 37.5 Å². The molecule has 1 aliphatic carbocycles. The lowest BCUT2D eigenvalue weighted by Gasteiger charge is -2.35. The number of hydrogen-bond donors (Lipinski definition) is 1. The van der Waals surface area contributed by atoms with Crippen molar-refractivity contribution >= 4 is 21.6 Å². The van der Waals surface area contributed by atoms with E-state index in [1.807, 2.05) is 13.0 Å². The van der Waals surface area contributed by atoms with Crippen LogP contribution in [-0.2, 0) is 14.8 Å². The maximum absolute atomic E-state index is 12.6. The van der Waals surface area contributed by atoms with Gasteiger partial charge < -0.3 is 10.1 Å². The van der Waals surface area contributed by atoms with Crippen LogP contribution >= 0.6 is 0 Å². The maximum atomic E-state index is 12.6. The van der Waals surface area contributed by atoms with Crippen molar-refractivity contribution in [2.75, 3.05) is 17.1 Å². The van der Waals surface area contributed by atoms with Crippen LogP contribution in [0, 0.1) is 6.92 Å². The Hall–Kier alpha value is -1.76. The summed E-state index contributed by atoms with van der Waals surface area (Å²) < 4.78 is 31.4. The van der Waals surface area contributed by atoms with Gasteiger partial charge in [-0.25, -0.2) is 8.42 Å². The average Bonchev–Trinajstić information content (AvgIpc) is 2.53. The van der Waals surface area contributed by atoms with Crippen LogP contribution in [0.5, 0.6) is 5.75 Å². The number of amides is 1. The molecule has 1 heterocycles. The zero-order valence-electron chi connectivity index (χ0n) is 14.1. The Morgan fingerprint density at radius 1 is 1.25 bits per heavy atom. The summed E-state index contributed by atoms with van der Waals surface area (Å²) in [6.45, 7) is 1.90. The summed E-state index contributed by atoms with van der Waals surface area (Å²) in [6.07, 6.45) is 5.73. The van der Waals surface area contributed by atoms with E-state index in [9.17, 15) is 13.2 Å². The number of carbonyl (C=O) groups is 1. The van der Waals surface area contributed by atoms with Crippen molar-refractivity contribution in [2.45, 2.75) is 51.2 Å². The van der Waals surface area contributed by atoms with Gasteiger partial charge >= 0.3 is 0 Å². The summed E-state index contributed by atoms with van der Waals surface area (Å²) in [7, 11) is -3.48. The normalized spacial score (nSPS) is 21.8. The molecule has 0 saturated heterocycles. The van der Waals surface area contributed by atoms with Crippen molar-refractivity contribution < 1.29 is 17.9 Å². The highest BCUT2D eigenvalue weighted by Crippen LogP contribution is 2.35. The van der Waals surface area contributed by atoms with Gasteiger partial charge in [0.25, 0.3) is 5.91 Å². The molecule has 3 rings (SSSR count). The fourth-order valence-corrected chi connectivity index (χ4v) is 4.26. The second-order valence-corrected chi connectivity index (χ2v) is 8.62. The van der Waals surface area contributed by atoms with Crippen molar-refractivity contribution in [1.82, 2.24) is 5.32 Å². The first-order valence-corrected chi connectivity index (χ1v) is 10.2. The Labute approximate surface area is 143 Å². The van der Waals surface area contributed by atoms with Gasteiger partial charge in [-0.15, -0.1) is 0 Å². The van der Waals surface area contributed by atoms with Crippen LogP contribution in [0.2, 0.25) is 0 Å². The molecule has 1 amide bonds. The molecule has 1 N–H and O–H groups in total.